The van der Waals surface area contributed by atoms with Gasteiger partial charge in [-0.3, -0.25) is 0 Å². The quantitative estimate of drug-likeness (QED) is 0.910. The molecule has 2 rings (SSSR count). The molecule has 0 fully saturated rings. The van der Waals surface area contributed by atoms with Gasteiger partial charge in [0, 0.05) is 14.9 Å². The Morgan fingerprint density at radius 1 is 1.31 bits per heavy atom. The first-order chi connectivity index (χ1) is 7.58. The van der Waals surface area contributed by atoms with Crippen molar-refractivity contribution < 1.29 is 14.3 Å². The molecular weight excluding hydrogens is 295 g/mol. The fourth-order valence-corrected chi connectivity index (χ4v) is 2.51. The molecule has 1 aromatic carbocycles. The molecule has 0 aliphatic heterocycles. The van der Waals surface area contributed by atoms with E-state index in [2.05, 4.69) is 15.9 Å². The molecule has 82 valence electrons. The molecule has 0 unspecified atom stereocenters. The topological polar surface area (TPSA) is 37.3 Å². The van der Waals surface area contributed by atoms with Crippen molar-refractivity contribution in [1.82, 2.24) is 0 Å². The van der Waals surface area contributed by atoms with Gasteiger partial charge in [0.05, 0.1) is 0 Å². The monoisotopic (exact) mass is 300 g/mol. The second-order valence-electron chi connectivity index (χ2n) is 3.09. The van der Waals surface area contributed by atoms with E-state index in [1.54, 1.807) is 18.2 Å². The third-order valence-corrected chi connectivity index (χ3v) is 3.61. The largest absolute Gasteiger partial charge is 0.477 e. The third kappa shape index (κ3) is 2.15. The van der Waals surface area contributed by atoms with Crippen LogP contribution in [0.25, 0.3) is 10.4 Å². The van der Waals surface area contributed by atoms with E-state index < -0.39 is 5.97 Å². The number of rotatable bonds is 2. The molecule has 5 heteroatoms. The van der Waals surface area contributed by atoms with Crippen LogP contribution in [0.15, 0.2) is 34.8 Å². The van der Waals surface area contributed by atoms with Gasteiger partial charge < -0.3 is 5.11 Å². The van der Waals surface area contributed by atoms with Crippen LogP contribution in [0, 0.1) is 5.82 Å². The molecule has 0 saturated heterocycles. The van der Waals surface area contributed by atoms with Crippen LogP contribution in [0.5, 0.6) is 0 Å². The van der Waals surface area contributed by atoms with Crippen LogP contribution in [0.3, 0.4) is 0 Å². The standard InChI is InChI=1S/C11H6BrFO2S/c12-6-1-2-8(13)7(5-6)9-3-4-10(16-9)11(14)15/h1-5H,(H,14,15). The zero-order chi connectivity index (χ0) is 11.7. The van der Waals surface area contributed by atoms with Gasteiger partial charge >= 0.3 is 5.97 Å². The fourth-order valence-electron chi connectivity index (χ4n) is 1.28. The SMILES string of the molecule is O=C(O)c1ccc(-c2cc(Br)ccc2F)s1. The lowest BCUT2D eigenvalue weighted by Crippen LogP contribution is -1.89. The summed E-state index contributed by atoms with van der Waals surface area (Å²) in [5, 5.41) is 8.78. The number of carboxylic acid groups (broad SMARTS) is 1. The Kier molecular flexibility index (Phi) is 3.07. The van der Waals surface area contributed by atoms with E-state index in [0.29, 0.717) is 10.4 Å². The highest BCUT2D eigenvalue weighted by molar-refractivity contribution is 9.10. The van der Waals surface area contributed by atoms with E-state index in [-0.39, 0.29) is 10.7 Å². The summed E-state index contributed by atoms with van der Waals surface area (Å²) in [6, 6.07) is 7.67. The summed E-state index contributed by atoms with van der Waals surface area (Å²) in [7, 11) is 0. The number of hydrogen-bond acceptors (Lipinski definition) is 2. The molecule has 1 aromatic heterocycles. The van der Waals surface area contributed by atoms with Gasteiger partial charge in [-0.2, -0.15) is 0 Å². The summed E-state index contributed by atoms with van der Waals surface area (Å²) >= 11 is 4.31. The van der Waals surface area contributed by atoms with Crippen LogP contribution in [0.2, 0.25) is 0 Å². The highest BCUT2D eigenvalue weighted by atomic mass is 79.9. The van der Waals surface area contributed by atoms with Crippen molar-refractivity contribution in [1.29, 1.82) is 0 Å². The highest BCUT2D eigenvalue weighted by Gasteiger charge is 2.11. The molecule has 1 N–H and O–H groups in total. The Hall–Kier alpha value is -1.20. The summed E-state index contributed by atoms with van der Waals surface area (Å²) in [5.41, 5.74) is 0.409. The number of thiophene rings is 1. The van der Waals surface area contributed by atoms with Gasteiger partial charge in [-0.15, -0.1) is 11.3 Å². The van der Waals surface area contributed by atoms with Gasteiger partial charge in [0.15, 0.2) is 0 Å². The minimum atomic E-state index is -0.994. The molecule has 2 nitrogen and oxygen atoms in total. The van der Waals surface area contributed by atoms with Gasteiger partial charge in [0.2, 0.25) is 0 Å². The first kappa shape index (κ1) is 11.3. The normalized spacial score (nSPS) is 10.4. The molecule has 0 aliphatic rings. The lowest BCUT2D eigenvalue weighted by atomic mass is 10.2. The zero-order valence-corrected chi connectivity index (χ0v) is 10.3. The van der Waals surface area contributed by atoms with Crippen molar-refractivity contribution in [3.8, 4) is 10.4 Å². The van der Waals surface area contributed by atoms with Crippen LogP contribution in [-0.4, -0.2) is 11.1 Å². The predicted octanol–water partition coefficient (Wildman–Crippen LogP) is 4.01. The Labute approximate surface area is 103 Å². The summed E-state index contributed by atoms with van der Waals surface area (Å²) < 4.78 is 14.3. The lowest BCUT2D eigenvalue weighted by Gasteiger charge is -2.00. The van der Waals surface area contributed by atoms with Gasteiger partial charge in [-0.25, -0.2) is 9.18 Å². The maximum atomic E-state index is 13.5. The van der Waals surface area contributed by atoms with Gasteiger partial charge in [0.1, 0.15) is 10.7 Å². The molecular formula is C11H6BrFO2S. The van der Waals surface area contributed by atoms with E-state index in [1.807, 2.05) is 0 Å². The van der Waals surface area contributed by atoms with E-state index in [1.165, 1.54) is 12.1 Å². The molecule has 0 saturated carbocycles. The van der Waals surface area contributed by atoms with Gasteiger partial charge in [0.25, 0.3) is 0 Å². The fraction of sp³-hybridized carbons (Fsp3) is 0. The Morgan fingerprint density at radius 3 is 2.69 bits per heavy atom. The molecule has 0 atom stereocenters. The maximum Gasteiger partial charge on any atom is 0.345 e. The van der Waals surface area contributed by atoms with Crippen molar-refractivity contribution in [2.75, 3.05) is 0 Å². The Bertz CT molecular complexity index is 551. The van der Waals surface area contributed by atoms with Crippen LogP contribution < -0.4 is 0 Å². The van der Waals surface area contributed by atoms with Gasteiger partial charge in [-0.1, -0.05) is 15.9 Å². The third-order valence-electron chi connectivity index (χ3n) is 2.01. The van der Waals surface area contributed by atoms with E-state index >= 15 is 0 Å². The van der Waals surface area contributed by atoms with Crippen molar-refractivity contribution in [2.24, 2.45) is 0 Å². The average molecular weight is 301 g/mol. The van der Waals surface area contributed by atoms with Crippen LogP contribution in [0.4, 0.5) is 4.39 Å². The van der Waals surface area contributed by atoms with Gasteiger partial charge in [-0.05, 0) is 30.3 Å². The molecule has 0 aliphatic carbocycles. The molecule has 1 heterocycles. The van der Waals surface area contributed by atoms with Crippen molar-refractivity contribution in [2.45, 2.75) is 0 Å². The summed E-state index contributed by atoms with van der Waals surface area (Å²) in [6.45, 7) is 0. The van der Waals surface area contributed by atoms with Crippen LogP contribution in [-0.2, 0) is 0 Å². The predicted molar refractivity (Wildman–Crippen MR) is 64.4 cm³/mol. The van der Waals surface area contributed by atoms with E-state index in [0.717, 1.165) is 15.8 Å². The second kappa shape index (κ2) is 4.35. The minimum absolute atomic E-state index is 0.203. The van der Waals surface area contributed by atoms with Crippen LogP contribution in [0.1, 0.15) is 9.67 Å². The maximum absolute atomic E-state index is 13.5. The number of halogens is 2. The molecule has 0 spiro atoms. The Morgan fingerprint density at radius 2 is 2.06 bits per heavy atom. The average Bonchev–Trinajstić information content (AvgIpc) is 2.70. The number of carboxylic acids is 1. The minimum Gasteiger partial charge on any atom is -0.477 e. The first-order valence-electron chi connectivity index (χ1n) is 4.36. The van der Waals surface area contributed by atoms with E-state index in [4.69, 9.17) is 5.11 Å². The first-order valence-corrected chi connectivity index (χ1v) is 5.97. The number of carbonyl (C=O) groups is 1. The number of benzene rings is 1. The van der Waals surface area contributed by atoms with Crippen LogP contribution >= 0.6 is 27.3 Å². The van der Waals surface area contributed by atoms with Crippen molar-refractivity contribution in [3.63, 3.8) is 0 Å². The smallest absolute Gasteiger partial charge is 0.345 e. The molecule has 0 bridgehead atoms. The Balaban J connectivity index is 2.50. The summed E-state index contributed by atoms with van der Waals surface area (Å²) in [6.07, 6.45) is 0. The molecule has 16 heavy (non-hydrogen) atoms. The molecule has 0 amide bonds. The highest BCUT2D eigenvalue weighted by Crippen LogP contribution is 2.31. The number of aromatic carboxylic acids is 1. The zero-order valence-electron chi connectivity index (χ0n) is 7.91. The summed E-state index contributed by atoms with van der Waals surface area (Å²) in [4.78, 5) is 11.5. The lowest BCUT2D eigenvalue weighted by molar-refractivity contribution is 0.0702. The van der Waals surface area contributed by atoms with E-state index in [9.17, 15) is 9.18 Å². The molecule has 2 aromatic rings. The van der Waals surface area contributed by atoms with Crippen molar-refractivity contribution in [3.05, 3.63) is 45.5 Å². The summed E-state index contributed by atoms with van der Waals surface area (Å²) in [5.74, 6) is -1.35. The number of hydrogen-bond donors (Lipinski definition) is 1. The van der Waals surface area contributed by atoms with Crippen molar-refractivity contribution >= 4 is 33.2 Å². The second-order valence-corrected chi connectivity index (χ2v) is 5.09. The molecule has 0 radical (unpaired) electrons.